The van der Waals surface area contributed by atoms with Crippen LogP contribution in [0, 0.1) is 6.92 Å². The zero-order valence-electron chi connectivity index (χ0n) is 10.6. The monoisotopic (exact) mass is 332 g/mol. The Bertz CT molecular complexity index is 537. The summed E-state index contributed by atoms with van der Waals surface area (Å²) in [5, 5.41) is 0. The molecule has 18 heavy (non-hydrogen) atoms. The van der Waals surface area contributed by atoms with Crippen molar-refractivity contribution < 1.29 is 8.42 Å². The van der Waals surface area contributed by atoms with Gasteiger partial charge < -0.3 is 4.90 Å². The summed E-state index contributed by atoms with van der Waals surface area (Å²) in [5.74, 6) is 0. The number of aryl methyl sites for hydroxylation is 1. The molecule has 0 bridgehead atoms. The zero-order valence-corrected chi connectivity index (χ0v) is 13.0. The van der Waals surface area contributed by atoms with Gasteiger partial charge >= 0.3 is 0 Å². The second-order valence-electron chi connectivity index (χ2n) is 4.58. The summed E-state index contributed by atoms with van der Waals surface area (Å²) < 4.78 is 25.5. The van der Waals surface area contributed by atoms with Crippen molar-refractivity contribution in [3.05, 3.63) is 28.2 Å². The second-order valence-corrected chi connectivity index (χ2v) is 7.42. The number of rotatable bonds is 2. The lowest BCUT2D eigenvalue weighted by molar-refractivity contribution is 0.388. The Morgan fingerprint density at radius 3 is 2.28 bits per heavy atom. The van der Waals surface area contributed by atoms with Gasteiger partial charge in [-0.3, -0.25) is 0 Å². The van der Waals surface area contributed by atoms with E-state index < -0.39 is 10.0 Å². The molecule has 0 unspecified atom stereocenters. The fourth-order valence-corrected chi connectivity index (χ4v) is 3.18. The van der Waals surface area contributed by atoms with Crippen LogP contribution in [0.15, 0.2) is 22.7 Å². The molecule has 1 aliphatic heterocycles. The van der Waals surface area contributed by atoms with Crippen molar-refractivity contribution in [2.24, 2.45) is 0 Å². The van der Waals surface area contributed by atoms with Gasteiger partial charge in [0.15, 0.2) is 0 Å². The van der Waals surface area contributed by atoms with Crippen molar-refractivity contribution in [2.75, 3.05) is 37.3 Å². The first-order chi connectivity index (χ1) is 8.38. The summed E-state index contributed by atoms with van der Waals surface area (Å²) in [5.41, 5.74) is 2.35. The first-order valence-corrected chi connectivity index (χ1v) is 8.48. The summed E-state index contributed by atoms with van der Waals surface area (Å²) in [6.07, 6.45) is 1.27. The average Bonchev–Trinajstić information content (AvgIpc) is 2.32. The first kappa shape index (κ1) is 13.8. The van der Waals surface area contributed by atoms with Crippen LogP contribution in [-0.4, -0.2) is 45.2 Å². The third kappa shape index (κ3) is 3.05. The number of anilines is 1. The van der Waals surface area contributed by atoms with Gasteiger partial charge in [0, 0.05) is 36.3 Å². The Morgan fingerprint density at radius 2 is 1.78 bits per heavy atom. The van der Waals surface area contributed by atoms with E-state index in [1.807, 2.05) is 6.07 Å². The van der Waals surface area contributed by atoms with E-state index in [0.717, 1.165) is 23.2 Å². The van der Waals surface area contributed by atoms with Crippen molar-refractivity contribution in [1.29, 1.82) is 0 Å². The van der Waals surface area contributed by atoms with Crippen molar-refractivity contribution >= 4 is 31.6 Å². The fourth-order valence-electron chi connectivity index (χ4n) is 2.10. The molecule has 0 spiro atoms. The number of benzene rings is 1. The summed E-state index contributed by atoms with van der Waals surface area (Å²) in [6.45, 7) is 4.67. The number of hydrogen-bond acceptors (Lipinski definition) is 3. The predicted molar refractivity (Wildman–Crippen MR) is 77.5 cm³/mol. The lowest BCUT2D eigenvalue weighted by atomic mass is 10.2. The van der Waals surface area contributed by atoms with Crippen LogP contribution in [-0.2, 0) is 10.0 Å². The number of hydrogen-bond donors (Lipinski definition) is 0. The Hall–Kier alpha value is -0.590. The van der Waals surface area contributed by atoms with Crippen LogP contribution in [0.25, 0.3) is 0 Å². The summed E-state index contributed by atoms with van der Waals surface area (Å²) >= 11 is 3.48. The number of nitrogens with zero attached hydrogens (tertiary/aromatic N) is 2. The molecule has 0 N–H and O–H groups in total. The second kappa shape index (κ2) is 5.19. The van der Waals surface area contributed by atoms with Crippen molar-refractivity contribution in [2.45, 2.75) is 6.92 Å². The highest BCUT2D eigenvalue weighted by atomic mass is 79.9. The predicted octanol–water partition coefficient (Wildman–Crippen LogP) is 1.84. The fraction of sp³-hybridized carbons (Fsp3) is 0.500. The minimum atomic E-state index is -3.05. The summed E-state index contributed by atoms with van der Waals surface area (Å²) in [7, 11) is -3.05. The molecule has 0 aliphatic carbocycles. The van der Waals surface area contributed by atoms with Gasteiger partial charge in [-0.2, -0.15) is 4.31 Å². The largest absolute Gasteiger partial charge is 0.369 e. The molecule has 0 radical (unpaired) electrons. The van der Waals surface area contributed by atoms with E-state index in [4.69, 9.17) is 0 Å². The molecule has 6 heteroatoms. The molecule has 1 aromatic rings. The molecule has 0 aromatic heterocycles. The third-order valence-electron chi connectivity index (χ3n) is 3.21. The van der Waals surface area contributed by atoms with E-state index in [9.17, 15) is 8.42 Å². The molecule has 0 amide bonds. The van der Waals surface area contributed by atoms with Gasteiger partial charge in [0.1, 0.15) is 0 Å². The molecule has 1 saturated heterocycles. The lowest BCUT2D eigenvalue weighted by Crippen LogP contribution is -2.48. The minimum Gasteiger partial charge on any atom is -0.369 e. The lowest BCUT2D eigenvalue weighted by Gasteiger charge is -2.34. The number of sulfonamides is 1. The minimum absolute atomic E-state index is 0.563. The first-order valence-electron chi connectivity index (χ1n) is 5.84. The molecule has 0 saturated carbocycles. The topological polar surface area (TPSA) is 40.6 Å². The van der Waals surface area contributed by atoms with Crippen molar-refractivity contribution in [3.63, 3.8) is 0 Å². The average molecular weight is 333 g/mol. The molecule has 2 rings (SSSR count). The molecular weight excluding hydrogens is 316 g/mol. The van der Waals surface area contributed by atoms with Gasteiger partial charge in [0.25, 0.3) is 0 Å². The molecule has 1 aromatic carbocycles. The van der Waals surface area contributed by atoms with Crippen LogP contribution >= 0.6 is 15.9 Å². The Labute approximate surface area is 117 Å². The standard InChI is InChI=1S/C12H17BrN2O2S/c1-10-9-11(3-4-12(10)13)14-5-7-15(8-6-14)18(2,16)17/h3-4,9H,5-8H2,1-2H3. The van der Waals surface area contributed by atoms with Crippen molar-refractivity contribution in [3.8, 4) is 0 Å². The SMILES string of the molecule is Cc1cc(N2CCN(S(C)(=O)=O)CC2)ccc1Br. The van der Waals surface area contributed by atoms with E-state index in [-0.39, 0.29) is 0 Å². The van der Waals surface area contributed by atoms with Gasteiger partial charge in [0.05, 0.1) is 6.26 Å². The van der Waals surface area contributed by atoms with Crippen LogP contribution in [0.5, 0.6) is 0 Å². The van der Waals surface area contributed by atoms with Gasteiger partial charge in [-0.1, -0.05) is 15.9 Å². The highest BCUT2D eigenvalue weighted by Crippen LogP contribution is 2.24. The zero-order chi connectivity index (χ0) is 13.3. The van der Waals surface area contributed by atoms with Gasteiger partial charge in [-0.25, -0.2) is 8.42 Å². The summed E-state index contributed by atoms with van der Waals surface area (Å²) in [6, 6.07) is 6.22. The third-order valence-corrected chi connectivity index (χ3v) is 5.41. The van der Waals surface area contributed by atoms with Gasteiger partial charge in [-0.05, 0) is 30.7 Å². The number of halogens is 1. The maximum Gasteiger partial charge on any atom is 0.211 e. The molecule has 1 aliphatic rings. The van der Waals surface area contributed by atoms with Crippen LogP contribution in [0.4, 0.5) is 5.69 Å². The van der Waals surface area contributed by atoms with Crippen LogP contribution in [0.2, 0.25) is 0 Å². The quantitative estimate of drug-likeness (QED) is 0.829. The van der Waals surface area contributed by atoms with E-state index in [1.165, 1.54) is 16.1 Å². The Kier molecular flexibility index (Phi) is 3.99. The van der Waals surface area contributed by atoms with E-state index in [0.29, 0.717) is 13.1 Å². The van der Waals surface area contributed by atoms with Crippen molar-refractivity contribution in [1.82, 2.24) is 4.31 Å². The molecule has 1 fully saturated rings. The van der Waals surface area contributed by atoms with E-state index >= 15 is 0 Å². The maximum absolute atomic E-state index is 11.4. The van der Waals surface area contributed by atoms with Crippen LogP contribution in [0.1, 0.15) is 5.56 Å². The highest BCUT2D eigenvalue weighted by Gasteiger charge is 2.23. The normalized spacial score (nSPS) is 18.1. The molecule has 0 atom stereocenters. The van der Waals surface area contributed by atoms with Crippen LogP contribution < -0.4 is 4.90 Å². The Morgan fingerprint density at radius 1 is 1.17 bits per heavy atom. The Balaban J connectivity index is 2.08. The molecule has 1 heterocycles. The molecule has 4 nitrogen and oxygen atoms in total. The van der Waals surface area contributed by atoms with Gasteiger partial charge in [0.2, 0.25) is 10.0 Å². The maximum atomic E-state index is 11.4. The highest BCUT2D eigenvalue weighted by molar-refractivity contribution is 9.10. The van der Waals surface area contributed by atoms with Gasteiger partial charge in [-0.15, -0.1) is 0 Å². The van der Waals surface area contributed by atoms with E-state index in [2.05, 4.69) is 39.9 Å². The van der Waals surface area contributed by atoms with E-state index in [1.54, 1.807) is 0 Å². The number of piperazine rings is 1. The molecule has 100 valence electrons. The molecular formula is C12H17BrN2O2S. The summed E-state index contributed by atoms with van der Waals surface area (Å²) in [4.78, 5) is 2.22. The smallest absolute Gasteiger partial charge is 0.211 e. The van der Waals surface area contributed by atoms with Crippen LogP contribution in [0.3, 0.4) is 0 Å².